The molecule has 1 N–H and O–H groups in total. The van der Waals surface area contributed by atoms with Crippen molar-refractivity contribution in [1.82, 2.24) is 9.88 Å². The van der Waals surface area contributed by atoms with Crippen LogP contribution in [0.2, 0.25) is 0 Å². The molecule has 0 radical (unpaired) electrons. The molecule has 100 valence electrons. The number of nitrogens with one attached hydrogen (secondary N) is 1. The van der Waals surface area contributed by atoms with Crippen LogP contribution in [0.5, 0.6) is 0 Å². The maximum absolute atomic E-state index is 4.36. The van der Waals surface area contributed by atoms with E-state index in [2.05, 4.69) is 51.2 Å². The Bertz CT molecular complexity index is 389. The van der Waals surface area contributed by atoms with Crippen molar-refractivity contribution in [3.63, 3.8) is 0 Å². The molecule has 1 saturated carbocycles. The molecule has 0 aromatic carbocycles. The van der Waals surface area contributed by atoms with Gasteiger partial charge in [0, 0.05) is 29.8 Å². The van der Waals surface area contributed by atoms with Gasteiger partial charge in [-0.15, -0.1) is 0 Å². The van der Waals surface area contributed by atoms with E-state index in [0.717, 1.165) is 29.4 Å². The van der Waals surface area contributed by atoms with Crippen LogP contribution in [0, 0.1) is 6.92 Å². The number of hydrogen-bond acceptors (Lipinski definition) is 3. The molecular weight excluding hydrogens is 290 g/mol. The molecule has 1 aliphatic carbocycles. The number of nitrogens with zero attached hydrogens (tertiary/aromatic N) is 2. The molecule has 1 aromatic rings. The standard InChI is InChI=1S/C14H22BrN3/c1-11-9-14(17-10-13(11)15)16-7-8-18(2)12-5-3-4-6-12/h9-10,12H,3-8H2,1-2H3,(H,16,17). The van der Waals surface area contributed by atoms with Gasteiger partial charge in [-0.2, -0.15) is 0 Å². The van der Waals surface area contributed by atoms with Gasteiger partial charge >= 0.3 is 0 Å². The summed E-state index contributed by atoms with van der Waals surface area (Å²) >= 11 is 3.47. The molecule has 2 rings (SSSR count). The van der Waals surface area contributed by atoms with Gasteiger partial charge in [0.2, 0.25) is 0 Å². The van der Waals surface area contributed by atoms with Crippen LogP contribution in [0.25, 0.3) is 0 Å². The van der Waals surface area contributed by atoms with Crippen molar-refractivity contribution in [3.8, 4) is 0 Å². The number of anilines is 1. The Kier molecular flexibility index (Phi) is 5.01. The molecular formula is C14H22BrN3. The van der Waals surface area contributed by atoms with Crippen molar-refractivity contribution in [3.05, 3.63) is 22.3 Å². The van der Waals surface area contributed by atoms with Gasteiger partial charge in [-0.05, 0) is 54.4 Å². The summed E-state index contributed by atoms with van der Waals surface area (Å²) in [7, 11) is 2.23. The Morgan fingerprint density at radius 2 is 2.17 bits per heavy atom. The Balaban J connectivity index is 1.75. The smallest absolute Gasteiger partial charge is 0.126 e. The van der Waals surface area contributed by atoms with Crippen molar-refractivity contribution in [2.24, 2.45) is 0 Å². The van der Waals surface area contributed by atoms with Crippen molar-refractivity contribution in [2.75, 3.05) is 25.5 Å². The van der Waals surface area contributed by atoms with Gasteiger partial charge < -0.3 is 10.2 Å². The van der Waals surface area contributed by atoms with Crippen LogP contribution in [0.1, 0.15) is 31.2 Å². The Morgan fingerprint density at radius 1 is 1.44 bits per heavy atom. The highest BCUT2D eigenvalue weighted by molar-refractivity contribution is 9.10. The van der Waals surface area contributed by atoms with Crippen molar-refractivity contribution < 1.29 is 0 Å². The van der Waals surface area contributed by atoms with E-state index in [-0.39, 0.29) is 0 Å². The van der Waals surface area contributed by atoms with E-state index in [9.17, 15) is 0 Å². The molecule has 1 heterocycles. The van der Waals surface area contributed by atoms with E-state index in [4.69, 9.17) is 0 Å². The molecule has 1 aromatic heterocycles. The Hall–Kier alpha value is -0.610. The first kappa shape index (κ1) is 13.8. The van der Waals surface area contributed by atoms with Crippen LogP contribution in [0.15, 0.2) is 16.7 Å². The summed E-state index contributed by atoms with van der Waals surface area (Å²) in [6.07, 6.45) is 7.39. The SMILES string of the molecule is Cc1cc(NCCN(C)C2CCCC2)ncc1Br. The molecule has 0 unspecified atom stereocenters. The first-order valence-corrected chi connectivity index (χ1v) is 7.52. The fraction of sp³-hybridized carbons (Fsp3) is 0.643. The van der Waals surface area contributed by atoms with Crippen LogP contribution in [-0.2, 0) is 0 Å². The maximum Gasteiger partial charge on any atom is 0.126 e. The van der Waals surface area contributed by atoms with Crippen molar-refractivity contribution in [1.29, 1.82) is 0 Å². The maximum atomic E-state index is 4.36. The van der Waals surface area contributed by atoms with Crippen molar-refractivity contribution in [2.45, 2.75) is 38.6 Å². The monoisotopic (exact) mass is 311 g/mol. The molecule has 0 aliphatic heterocycles. The molecule has 0 bridgehead atoms. The first-order valence-electron chi connectivity index (χ1n) is 6.73. The van der Waals surface area contributed by atoms with Gasteiger partial charge in [0.05, 0.1) is 0 Å². The summed E-state index contributed by atoms with van der Waals surface area (Å²) in [5.41, 5.74) is 1.22. The largest absolute Gasteiger partial charge is 0.369 e. The molecule has 0 spiro atoms. The second kappa shape index (κ2) is 6.53. The third-order valence-corrected chi connectivity index (χ3v) is 4.60. The molecule has 0 amide bonds. The van der Waals surface area contributed by atoms with E-state index in [1.165, 1.54) is 31.2 Å². The summed E-state index contributed by atoms with van der Waals surface area (Å²) < 4.78 is 1.07. The zero-order chi connectivity index (χ0) is 13.0. The summed E-state index contributed by atoms with van der Waals surface area (Å²) in [5.74, 6) is 0.968. The highest BCUT2D eigenvalue weighted by Gasteiger charge is 2.18. The van der Waals surface area contributed by atoms with E-state index in [0.29, 0.717) is 0 Å². The van der Waals surface area contributed by atoms with Crippen LogP contribution >= 0.6 is 15.9 Å². The number of pyridine rings is 1. The van der Waals surface area contributed by atoms with Gasteiger partial charge in [-0.25, -0.2) is 4.98 Å². The average Bonchev–Trinajstić information content (AvgIpc) is 2.87. The molecule has 18 heavy (non-hydrogen) atoms. The third kappa shape index (κ3) is 3.69. The summed E-state index contributed by atoms with van der Waals surface area (Å²) in [6, 6.07) is 2.88. The Labute approximate surface area is 118 Å². The van der Waals surface area contributed by atoms with Crippen molar-refractivity contribution >= 4 is 21.7 Å². The second-order valence-electron chi connectivity index (χ2n) is 5.16. The highest BCUT2D eigenvalue weighted by atomic mass is 79.9. The fourth-order valence-electron chi connectivity index (χ4n) is 2.52. The van der Waals surface area contributed by atoms with E-state index >= 15 is 0 Å². The van der Waals surface area contributed by atoms with Crippen LogP contribution < -0.4 is 5.32 Å². The third-order valence-electron chi connectivity index (χ3n) is 3.77. The predicted octanol–water partition coefficient (Wildman–Crippen LogP) is 3.44. The molecule has 0 saturated heterocycles. The molecule has 0 atom stereocenters. The minimum Gasteiger partial charge on any atom is -0.369 e. The van der Waals surface area contributed by atoms with Gasteiger partial charge in [0.15, 0.2) is 0 Å². The number of aryl methyl sites for hydroxylation is 1. The number of likely N-dealkylation sites (N-methyl/N-ethyl adjacent to an activating group) is 1. The minimum atomic E-state index is 0.798. The second-order valence-corrected chi connectivity index (χ2v) is 6.02. The molecule has 1 fully saturated rings. The summed E-state index contributed by atoms with van der Waals surface area (Å²) in [5, 5.41) is 3.39. The van der Waals surface area contributed by atoms with Gasteiger partial charge in [-0.3, -0.25) is 0 Å². The lowest BCUT2D eigenvalue weighted by atomic mass is 10.2. The lowest BCUT2D eigenvalue weighted by Crippen LogP contribution is -2.33. The topological polar surface area (TPSA) is 28.2 Å². The van der Waals surface area contributed by atoms with Gasteiger partial charge in [-0.1, -0.05) is 12.8 Å². The molecule has 1 aliphatic rings. The van der Waals surface area contributed by atoms with Crippen LogP contribution in [-0.4, -0.2) is 36.1 Å². The van der Waals surface area contributed by atoms with Crippen LogP contribution in [0.4, 0.5) is 5.82 Å². The van der Waals surface area contributed by atoms with E-state index < -0.39 is 0 Å². The number of halogens is 1. The average molecular weight is 312 g/mol. The number of hydrogen-bond donors (Lipinski definition) is 1. The predicted molar refractivity (Wildman–Crippen MR) is 80.0 cm³/mol. The van der Waals surface area contributed by atoms with E-state index in [1.54, 1.807) is 0 Å². The lowest BCUT2D eigenvalue weighted by molar-refractivity contribution is 0.254. The van der Waals surface area contributed by atoms with E-state index in [1.807, 2.05) is 6.20 Å². The fourth-order valence-corrected chi connectivity index (χ4v) is 2.74. The number of aromatic nitrogens is 1. The lowest BCUT2D eigenvalue weighted by Gasteiger charge is -2.24. The highest BCUT2D eigenvalue weighted by Crippen LogP contribution is 2.22. The first-order chi connectivity index (χ1) is 8.66. The minimum absolute atomic E-state index is 0.798. The molecule has 3 nitrogen and oxygen atoms in total. The zero-order valence-corrected chi connectivity index (χ0v) is 12.8. The zero-order valence-electron chi connectivity index (χ0n) is 11.2. The van der Waals surface area contributed by atoms with Gasteiger partial charge in [0.1, 0.15) is 5.82 Å². The normalized spacial score (nSPS) is 16.4. The van der Waals surface area contributed by atoms with Gasteiger partial charge in [0.25, 0.3) is 0 Å². The number of rotatable bonds is 5. The summed E-state index contributed by atoms with van der Waals surface area (Å²) in [6.45, 7) is 4.13. The quantitative estimate of drug-likeness (QED) is 0.903. The summed E-state index contributed by atoms with van der Waals surface area (Å²) in [4.78, 5) is 6.83. The van der Waals surface area contributed by atoms with Crippen LogP contribution in [0.3, 0.4) is 0 Å². The molecule has 4 heteroatoms. The Morgan fingerprint density at radius 3 is 2.83 bits per heavy atom.